The van der Waals surface area contributed by atoms with Gasteiger partial charge in [0.1, 0.15) is 6.10 Å². The second-order valence-electron chi connectivity index (χ2n) is 6.53. The molecule has 7 nitrogen and oxygen atoms in total. The summed E-state index contributed by atoms with van der Waals surface area (Å²) in [5, 5.41) is 22.5. The van der Waals surface area contributed by atoms with Crippen molar-refractivity contribution in [3.63, 3.8) is 0 Å². The fraction of sp³-hybridized carbons (Fsp3) is 0.190. The summed E-state index contributed by atoms with van der Waals surface area (Å²) < 4.78 is 6.44. The minimum Gasteiger partial charge on any atom is -0.386 e. The van der Waals surface area contributed by atoms with Crippen molar-refractivity contribution in [1.82, 2.24) is 20.8 Å². The fourth-order valence-corrected chi connectivity index (χ4v) is 4.15. The maximum Gasteiger partial charge on any atom is 0.246 e. The third kappa shape index (κ3) is 4.79. The molecule has 0 saturated carbocycles. The number of nitrogens with zero attached hydrogens (tertiary/aromatic N) is 3. The van der Waals surface area contributed by atoms with Crippen LogP contribution in [0, 0.1) is 0 Å². The predicted molar refractivity (Wildman–Crippen MR) is 120 cm³/mol. The highest BCUT2D eigenvalue weighted by molar-refractivity contribution is 7.19. The Hall–Kier alpha value is -2.94. The Kier molecular flexibility index (Phi) is 6.27. The van der Waals surface area contributed by atoms with Gasteiger partial charge in [-0.2, -0.15) is 4.98 Å². The molecule has 0 saturated heterocycles. The standard InChI is InChI=1S/C21H20ClN5O2S/c1-23-21(24-11-16(28)18-10-13-5-2-3-8-17(13)30-18)25-12-19-26-20(27-29-19)14-6-4-7-15(22)9-14/h2-10,16,28H,11-12H2,1H3,(H2,23,24,25). The smallest absolute Gasteiger partial charge is 0.246 e. The van der Waals surface area contributed by atoms with Gasteiger partial charge in [-0.25, -0.2) is 0 Å². The van der Waals surface area contributed by atoms with Crippen molar-refractivity contribution in [2.45, 2.75) is 12.6 Å². The van der Waals surface area contributed by atoms with Crippen LogP contribution >= 0.6 is 22.9 Å². The number of benzene rings is 2. The molecule has 9 heteroatoms. The largest absolute Gasteiger partial charge is 0.386 e. The van der Waals surface area contributed by atoms with E-state index in [1.807, 2.05) is 42.5 Å². The van der Waals surface area contributed by atoms with Crippen molar-refractivity contribution in [3.05, 3.63) is 70.4 Å². The third-order valence-electron chi connectivity index (χ3n) is 4.42. The van der Waals surface area contributed by atoms with E-state index in [0.717, 1.165) is 20.5 Å². The first kappa shape index (κ1) is 20.3. The lowest BCUT2D eigenvalue weighted by Crippen LogP contribution is -2.38. The van der Waals surface area contributed by atoms with Crippen LogP contribution in [-0.2, 0) is 6.54 Å². The molecule has 2 aromatic carbocycles. The van der Waals surface area contributed by atoms with Gasteiger partial charge in [0.15, 0.2) is 5.96 Å². The summed E-state index contributed by atoms with van der Waals surface area (Å²) in [5.74, 6) is 1.41. The van der Waals surface area contributed by atoms with Gasteiger partial charge in [0.2, 0.25) is 11.7 Å². The molecule has 0 spiro atoms. The molecule has 0 fully saturated rings. The van der Waals surface area contributed by atoms with Crippen LogP contribution in [-0.4, -0.2) is 34.8 Å². The summed E-state index contributed by atoms with van der Waals surface area (Å²) in [5.41, 5.74) is 0.784. The van der Waals surface area contributed by atoms with E-state index >= 15 is 0 Å². The van der Waals surface area contributed by atoms with E-state index in [2.05, 4.69) is 25.8 Å². The Bertz CT molecular complexity index is 1140. The molecular formula is C21H20ClN5O2S. The van der Waals surface area contributed by atoms with E-state index in [0.29, 0.717) is 35.8 Å². The highest BCUT2D eigenvalue weighted by Gasteiger charge is 2.13. The van der Waals surface area contributed by atoms with Crippen LogP contribution in [0.4, 0.5) is 0 Å². The number of aliphatic hydroxyl groups excluding tert-OH is 1. The molecule has 0 amide bonds. The van der Waals surface area contributed by atoms with E-state index in [1.54, 1.807) is 30.5 Å². The van der Waals surface area contributed by atoms with Crippen LogP contribution in [0.5, 0.6) is 0 Å². The average Bonchev–Trinajstić information content (AvgIpc) is 3.41. The lowest BCUT2D eigenvalue weighted by atomic mass is 10.2. The summed E-state index contributed by atoms with van der Waals surface area (Å²) in [6.45, 7) is 0.621. The number of fused-ring (bicyclic) bond motifs is 1. The molecule has 0 radical (unpaired) electrons. The summed E-state index contributed by atoms with van der Waals surface area (Å²) in [7, 11) is 1.66. The molecule has 1 atom stereocenters. The SMILES string of the molecule is CN=C(NCc1nc(-c2cccc(Cl)c2)no1)NCC(O)c1cc2ccccc2s1. The van der Waals surface area contributed by atoms with Gasteiger partial charge in [-0.1, -0.05) is 47.1 Å². The predicted octanol–water partition coefficient (Wildman–Crippen LogP) is 4.00. The van der Waals surface area contributed by atoms with Crippen molar-refractivity contribution in [2.75, 3.05) is 13.6 Å². The summed E-state index contributed by atoms with van der Waals surface area (Å²) in [6, 6.07) is 17.3. The van der Waals surface area contributed by atoms with Gasteiger partial charge in [0.05, 0.1) is 6.54 Å². The first-order valence-corrected chi connectivity index (χ1v) is 10.5. The molecule has 154 valence electrons. The zero-order valence-corrected chi connectivity index (χ0v) is 17.7. The maximum absolute atomic E-state index is 10.5. The summed E-state index contributed by atoms with van der Waals surface area (Å²) >= 11 is 7.59. The van der Waals surface area contributed by atoms with Crippen LogP contribution in [0.3, 0.4) is 0 Å². The monoisotopic (exact) mass is 441 g/mol. The zero-order valence-electron chi connectivity index (χ0n) is 16.2. The number of aliphatic imine (C=N–C) groups is 1. The second kappa shape index (κ2) is 9.25. The molecule has 0 aliphatic carbocycles. The Labute approximate surface area is 182 Å². The van der Waals surface area contributed by atoms with Crippen LogP contribution < -0.4 is 10.6 Å². The maximum atomic E-state index is 10.5. The molecule has 2 aromatic heterocycles. The molecular weight excluding hydrogens is 422 g/mol. The fourth-order valence-electron chi connectivity index (χ4n) is 2.91. The number of rotatable bonds is 6. The van der Waals surface area contributed by atoms with Gasteiger partial charge in [-0.3, -0.25) is 4.99 Å². The quantitative estimate of drug-likeness (QED) is 0.309. The number of nitrogens with one attached hydrogen (secondary N) is 2. The lowest BCUT2D eigenvalue weighted by molar-refractivity contribution is 0.184. The van der Waals surface area contributed by atoms with Crippen molar-refractivity contribution in [2.24, 2.45) is 4.99 Å². The third-order valence-corrected chi connectivity index (χ3v) is 5.87. The molecule has 4 aromatic rings. The molecule has 0 aliphatic rings. The minimum atomic E-state index is -0.640. The van der Waals surface area contributed by atoms with Crippen molar-refractivity contribution in [3.8, 4) is 11.4 Å². The molecule has 30 heavy (non-hydrogen) atoms. The van der Waals surface area contributed by atoms with Crippen LogP contribution in [0.2, 0.25) is 5.02 Å². The van der Waals surface area contributed by atoms with Crippen molar-refractivity contribution in [1.29, 1.82) is 0 Å². The minimum absolute atomic E-state index is 0.298. The number of guanidine groups is 1. The Balaban J connectivity index is 1.32. The molecule has 0 aliphatic heterocycles. The molecule has 3 N–H and O–H groups in total. The van der Waals surface area contributed by atoms with Gasteiger partial charge in [0.25, 0.3) is 0 Å². The van der Waals surface area contributed by atoms with Crippen LogP contribution in [0.25, 0.3) is 21.5 Å². The number of aromatic nitrogens is 2. The van der Waals surface area contributed by atoms with E-state index < -0.39 is 6.10 Å². The number of aliphatic hydroxyl groups is 1. The normalized spacial score (nSPS) is 12.8. The van der Waals surface area contributed by atoms with E-state index in [4.69, 9.17) is 16.1 Å². The van der Waals surface area contributed by atoms with E-state index in [-0.39, 0.29) is 0 Å². The average molecular weight is 442 g/mol. The van der Waals surface area contributed by atoms with Gasteiger partial charge in [-0.05, 0) is 29.7 Å². The summed E-state index contributed by atoms with van der Waals surface area (Å²) in [6.07, 6.45) is -0.640. The van der Waals surface area contributed by atoms with E-state index in [9.17, 15) is 5.11 Å². The molecule has 0 bridgehead atoms. The van der Waals surface area contributed by atoms with Gasteiger partial charge < -0.3 is 20.3 Å². The second-order valence-corrected chi connectivity index (χ2v) is 8.08. The number of halogens is 1. The Morgan fingerprint density at radius 3 is 2.87 bits per heavy atom. The van der Waals surface area contributed by atoms with Crippen molar-refractivity contribution >= 4 is 39.0 Å². The van der Waals surface area contributed by atoms with Gasteiger partial charge in [-0.15, -0.1) is 11.3 Å². The van der Waals surface area contributed by atoms with Gasteiger partial charge in [0, 0.05) is 33.8 Å². The number of hydrogen-bond donors (Lipinski definition) is 3. The molecule has 2 heterocycles. The lowest BCUT2D eigenvalue weighted by Gasteiger charge is -2.13. The molecule has 1 unspecified atom stereocenters. The highest BCUT2D eigenvalue weighted by Crippen LogP contribution is 2.29. The zero-order chi connectivity index (χ0) is 20.9. The van der Waals surface area contributed by atoms with Gasteiger partial charge >= 0.3 is 0 Å². The number of thiophene rings is 1. The topological polar surface area (TPSA) is 95.6 Å². The van der Waals surface area contributed by atoms with Crippen LogP contribution in [0.1, 0.15) is 16.9 Å². The first-order chi connectivity index (χ1) is 14.6. The number of hydrogen-bond acceptors (Lipinski definition) is 6. The highest BCUT2D eigenvalue weighted by atomic mass is 35.5. The van der Waals surface area contributed by atoms with Crippen LogP contribution in [0.15, 0.2) is 64.1 Å². The Morgan fingerprint density at radius 1 is 1.20 bits per heavy atom. The summed E-state index contributed by atoms with van der Waals surface area (Å²) in [4.78, 5) is 9.44. The Morgan fingerprint density at radius 2 is 2.07 bits per heavy atom. The van der Waals surface area contributed by atoms with Crippen molar-refractivity contribution < 1.29 is 9.63 Å². The van der Waals surface area contributed by atoms with E-state index in [1.165, 1.54) is 0 Å². The first-order valence-electron chi connectivity index (χ1n) is 9.32. The molecule has 4 rings (SSSR count).